The van der Waals surface area contributed by atoms with E-state index in [4.69, 9.17) is 11.6 Å². The molecule has 0 unspecified atom stereocenters. The van der Waals surface area contributed by atoms with Crippen LogP contribution < -0.4 is 0 Å². The second-order valence-electron chi connectivity index (χ2n) is 5.85. The fourth-order valence-corrected chi connectivity index (χ4v) is 2.94. The summed E-state index contributed by atoms with van der Waals surface area (Å²) in [4.78, 5) is 3.46. The molecule has 0 radical (unpaired) electrons. The Bertz CT molecular complexity index is 1190. The molecule has 4 nitrogen and oxygen atoms in total. The van der Waals surface area contributed by atoms with Crippen molar-refractivity contribution in [2.24, 2.45) is 0 Å². The van der Waals surface area contributed by atoms with Gasteiger partial charge < -0.3 is 0 Å². The average molecular weight is 417 g/mol. The summed E-state index contributed by atoms with van der Waals surface area (Å²) in [5.41, 5.74) is -3.19. The van der Waals surface area contributed by atoms with Crippen LogP contribution in [-0.2, 0) is 12.4 Å². The van der Waals surface area contributed by atoms with Gasteiger partial charge in [-0.25, -0.2) is 4.98 Å². The third-order valence-electron chi connectivity index (χ3n) is 4.04. The summed E-state index contributed by atoms with van der Waals surface area (Å²) < 4.78 is 80.9. The zero-order valence-corrected chi connectivity index (χ0v) is 14.2. The quantitative estimate of drug-likeness (QED) is 0.377. The summed E-state index contributed by atoms with van der Waals surface area (Å²) in [7, 11) is 0. The molecule has 4 aromatic rings. The van der Waals surface area contributed by atoms with Crippen LogP contribution in [0.25, 0.3) is 28.1 Å². The van der Waals surface area contributed by atoms with E-state index < -0.39 is 34.6 Å². The molecule has 0 aliphatic rings. The predicted molar refractivity (Wildman–Crippen MR) is 88.7 cm³/mol. The van der Waals surface area contributed by atoms with Crippen molar-refractivity contribution in [3.63, 3.8) is 0 Å². The lowest BCUT2D eigenvalue weighted by atomic mass is 10.1. The van der Waals surface area contributed by atoms with Crippen molar-refractivity contribution >= 4 is 28.3 Å². The Hall–Kier alpha value is -2.88. The molecule has 4 rings (SSSR count). The summed E-state index contributed by atoms with van der Waals surface area (Å²) in [6.07, 6.45) is -10.1. The van der Waals surface area contributed by atoms with Crippen LogP contribution in [0.15, 0.2) is 42.5 Å². The molecule has 0 bridgehead atoms. The van der Waals surface area contributed by atoms with Crippen LogP contribution in [0.1, 0.15) is 11.3 Å². The van der Waals surface area contributed by atoms with Crippen LogP contribution in [-0.4, -0.2) is 19.6 Å². The van der Waals surface area contributed by atoms with Gasteiger partial charge in [0.2, 0.25) is 0 Å². The SMILES string of the molecule is FC(F)(F)c1cc(C(F)(F)F)c2ccc3nnc(-c4ccc(Cl)cc4)n3c2n1. The van der Waals surface area contributed by atoms with Crippen molar-refractivity contribution in [1.82, 2.24) is 19.6 Å². The number of pyridine rings is 2. The van der Waals surface area contributed by atoms with E-state index in [1.807, 2.05) is 0 Å². The molecule has 0 saturated carbocycles. The second-order valence-corrected chi connectivity index (χ2v) is 6.28. The molecule has 0 N–H and O–H groups in total. The minimum Gasteiger partial charge on any atom is -0.258 e. The number of alkyl halides is 6. The summed E-state index contributed by atoms with van der Waals surface area (Å²) in [5.74, 6) is 0.0391. The Morgan fingerprint density at radius 1 is 0.821 bits per heavy atom. The molecule has 3 aromatic heterocycles. The summed E-state index contributed by atoms with van der Waals surface area (Å²) in [6, 6.07) is 8.34. The molecule has 3 heterocycles. The number of hydrogen-bond donors (Lipinski definition) is 0. The Morgan fingerprint density at radius 2 is 1.50 bits per heavy atom. The zero-order valence-electron chi connectivity index (χ0n) is 13.5. The highest BCUT2D eigenvalue weighted by molar-refractivity contribution is 6.30. The Labute approximate surface area is 157 Å². The third-order valence-corrected chi connectivity index (χ3v) is 4.29. The molecule has 1 aromatic carbocycles. The molecule has 0 aliphatic heterocycles. The van der Waals surface area contributed by atoms with Crippen molar-refractivity contribution in [3.8, 4) is 11.4 Å². The summed E-state index contributed by atoms with van der Waals surface area (Å²) in [6.45, 7) is 0. The van der Waals surface area contributed by atoms with E-state index in [0.29, 0.717) is 10.6 Å². The van der Waals surface area contributed by atoms with Crippen LogP contribution in [0.3, 0.4) is 0 Å². The predicted octanol–water partition coefficient (Wildman–Crippen LogP) is 5.64. The van der Waals surface area contributed by atoms with Gasteiger partial charge in [-0.3, -0.25) is 4.40 Å². The molecule has 0 saturated heterocycles. The van der Waals surface area contributed by atoms with Gasteiger partial charge in [-0.15, -0.1) is 10.2 Å². The van der Waals surface area contributed by atoms with Crippen LogP contribution in [0.5, 0.6) is 0 Å². The molecular formula is C17H7ClF6N4. The summed E-state index contributed by atoms with van der Waals surface area (Å²) in [5, 5.41) is 7.63. The van der Waals surface area contributed by atoms with E-state index in [1.54, 1.807) is 0 Å². The van der Waals surface area contributed by atoms with E-state index in [0.717, 1.165) is 10.5 Å². The number of nitrogens with zero attached hydrogens (tertiary/aromatic N) is 4. The van der Waals surface area contributed by atoms with Crippen molar-refractivity contribution in [1.29, 1.82) is 0 Å². The van der Waals surface area contributed by atoms with Crippen LogP contribution >= 0.6 is 11.6 Å². The Morgan fingerprint density at radius 3 is 2.11 bits per heavy atom. The smallest absolute Gasteiger partial charge is 0.258 e. The highest BCUT2D eigenvalue weighted by atomic mass is 35.5. The second kappa shape index (κ2) is 6.06. The van der Waals surface area contributed by atoms with Crippen LogP contribution in [0.4, 0.5) is 26.3 Å². The Kier molecular flexibility index (Phi) is 4.00. The lowest BCUT2D eigenvalue weighted by Crippen LogP contribution is -2.14. The molecule has 11 heteroatoms. The maximum Gasteiger partial charge on any atom is 0.433 e. The zero-order chi connectivity index (χ0) is 20.3. The normalized spacial score (nSPS) is 12.8. The molecule has 0 aliphatic carbocycles. The van der Waals surface area contributed by atoms with Gasteiger partial charge in [-0.2, -0.15) is 26.3 Å². The fraction of sp³-hybridized carbons (Fsp3) is 0.118. The number of benzene rings is 1. The Balaban J connectivity index is 2.14. The molecule has 0 atom stereocenters. The van der Waals surface area contributed by atoms with Crippen molar-refractivity contribution in [3.05, 3.63) is 58.7 Å². The van der Waals surface area contributed by atoms with Crippen molar-refractivity contribution in [2.45, 2.75) is 12.4 Å². The van der Waals surface area contributed by atoms with E-state index in [9.17, 15) is 26.3 Å². The first kappa shape index (κ1) is 18.5. The molecule has 144 valence electrons. The largest absolute Gasteiger partial charge is 0.433 e. The van der Waals surface area contributed by atoms with Gasteiger partial charge in [0.1, 0.15) is 11.3 Å². The first-order chi connectivity index (χ1) is 13.1. The highest BCUT2D eigenvalue weighted by Gasteiger charge is 2.39. The van der Waals surface area contributed by atoms with Gasteiger partial charge >= 0.3 is 12.4 Å². The van der Waals surface area contributed by atoms with E-state index >= 15 is 0 Å². The summed E-state index contributed by atoms with van der Waals surface area (Å²) >= 11 is 5.82. The number of rotatable bonds is 1. The number of hydrogen-bond acceptors (Lipinski definition) is 3. The van der Waals surface area contributed by atoms with E-state index in [1.165, 1.54) is 30.3 Å². The molecule has 0 amide bonds. The number of fused-ring (bicyclic) bond motifs is 3. The monoisotopic (exact) mass is 416 g/mol. The van der Waals surface area contributed by atoms with Crippen molar-refractivity contribution in [2.75, 3.05) is 0 Å². The molecular weight excluding hydrogens is 410 g/mol. The van der Waals surface area contributed by atoms with Crippen LogP contribution in [0.2, 0.25) is 5.02 Å². The topological polar surface area (TPSA) is 43.1 Å². The van der Waals surface area contributed by atoms with Gasteiger partial charge in [-0.05, 0) is 42.5 Å². The standard InChI is InChI=1S/C17H7ClF6N4/c18-9-3-1-8(2-4-9)14-27-26-13-6-5-10-11(16(19,20)21)7-12(17(22,23)24)25-15(10)28(13)14/h1-7H. The number of halogens is 7. The van der Waals surface area contributed by atoms with E-state index in [-0.39, 0.29) is 17.5 Å². The first-order valence-electron chi connectivity index (χ1n) is 7.65. The maximum atomic E-state index is 13.4. The molecule has 0 spiro atoms. The fourth-order valence-electron chi connectivity index (χ4n) is 2.81. The minimum atomic E-state index is -5.06. The molecule has 28 heavy (non-hydrogen) atoms. The lowest BCUT2D eigenvalue weighted by Gasteiger charge is -2.15. The minimum absolute atomic E-state index is 0.000484. The van der Waals surface area contributed by atoms with Crippen LogP contribution in [0, 0.1) is 0 Å². The maximum absolute atomic E-state index is 13.4. The van der Waals surface area contributed by atoms with Gasteiger partial charge in [0.25, 0.3) is 0 Å². The van der Waals surface area contributed by atoms with E-state index in [2.05, 4.69) is 15.2 Å². The highest BCUT2D eigenvalue weighted by Crippen LogP contribution is 2.39. The van der Waals surface area contributed by atoms with Gasteiger partial charge in [0.15, 0.2) is 11.5 Å². The van der Waals surface area contributed by atoms with Gasteiger partial charge in [-0.1, -0.05) is 11.6 Å². The van der Waals surface area contributed by atoms with Gasteiger partial charge in [0.05, 0.1) is 5.56 Å². The van der Waals surface area contributed by atoms with Crippen molar-refractivity contribution < 1.29 is 26.3 Å². The third kappa shape index (κ3) is 3.03. The number of aromatic nitrogens is 4. The lowest BCUT2D eigenvalue weighted by molar-refractivity contribution is -0.144. The average Bonchev–Trinajstić information content (AvgIpc) is 3.04. The molecule has 0 fully saturated rings. The first-order valence-corrected chi connectivity index (χ1v) is 8.03. The van der Waals surface area contributed by atoms with Gasteiger partial charge in [0, 0.05) is 16.0 Å².